The van der Waals surface area contributed by atoms with Crippen molar-refractivity contribution in [2.75, 3.05) is 4.72 Å². The molecule has 1 N–H and O–H groups in total. The highest BCUT2D eigenvalue weighted by molar-refractivity contribution is 7.92. The first kappa shape index (κ1) is 12.9. The van der Waals surface area contributed by atoms with Gasteiger partial charge < -0.3 is 0 Å². The molecule has 18 heavy (non-hydrogen) atoms. The van der Waals surface area contributed by atoms with E-state index in [0.717, 1.165) is 0 Å². The highest BCUT2D eigenvalue weighted by Gasteiger charge is 2.17. The lowest BCUT2D eigenvalue weighted by Gasteiger charge is -2.09. The van der Waals surface area contributed by atoms with Gasteiger partial charge in [-0.1, -0.05) is 29.8 Å². The molecule has 0 saturated carbocycles. The molecule has 0 atom stereocenters. The number of para-hydroxylation sites is 1. The van der Waals surface area contributed by atoms with Gasteiger partial charge in [-0.2, -0.15) is 0 Å². The van der Waals surface area contributed by atoms with Gasteiger partial charge in [0.15, 0.2) is 0 Å². The molecule has 0 spiro atoms. The van der Waals surface area contributed by atoms with E-state index in [1.165, 1.54) is 12.3 Å². The first-order chi connectivity index (χ1) is 8.49. The molecule has 0 saturated heterocycles. The third-order valence-corrected chi connectivity index (χ3v) is 4.06. The van der Waals surface area contributed by atoms with Gasteiger partial charge >= 0.3 is 0 Å². The second-order valence-electron chi connectivity index (χ2n) is 3.74. The lowest BCUT2D eigenvalue weighted by Crippen LogP contribution is -2.14. The summed E-state index contributed by atoms with van der Waals surface area (Å²) >= 11 is 5.70. The largest absolute Gasteiger partial charge is 0.280 e. The van der Waals surface area contributed by atoms with Crippen LogP contribution in [-0.2, 0) is 10.0 Å². The van der Waals surface area contributed by atoms with E-state index < -0.39 is 10.0 Å². The molecule has 4 nitrogen and oxygen atoms in total. The summed E-state index contributed by atoms with van der Waals surface area (Å²) in [5, 5.41) is 0.270. The Kier molecular flexibility index (Phi) is 3.54. The predicted molar refractivity (Wildman–Crippen MR) is 71.2 cm³/mol. The Bertz CT molecular complexity index is 657. The Morgan fingerprint density at radius 2 is 1.89 bits per heavy atom. The van der Waals surface area contributed by atoms with Gasteiger partial charge in [-0.15, -0.1) is 0 Å². The van der Waals surface area contributed by atoms with Gasteiger partial charge in [0.25, 0.3) is 10.0 Å². The number of hydrogen-bond acceptors (Lipinski definition) is 3. The number of sulfonamides is 1. The van der Waals surface area contributed by atoms with Gasteiger partial charge in [0, 0.05) is 11.9 Å². The van der Waals surface area contributed by atoms with Crippen molar-refractivity contribution in [1.82, 2.24) is 4.98 Å². The van der Waals surface area contributed by atoms with Crippen LogP contribution in [0.3, 0.4) is 0 Å². The molecular weight excluding hydrogens is 272 g/mol. The number of rotatable bonds is 3. The number of aryl methyl sites for hydroxylation is 1. The summed E-state index contributed by atoms with van der Waals surface area (Å²) in [7, 11) is -3.63. The topological polar surface area (TPSA) is 59.1 Å². The lowest BCUT2D eigenvalue weighted by molar-refractivity contribution is 0.600. The summed E-state index contributed by atoms with van der Waals surface area (Å²) in [6, 6.07) is 10.2. The molecule has 0 amide bonds. The predicted octanol–water partition coefficient (Wildman–Crippen LogP) is 2.84. The van der Waals surface area contributed by atoms with Crippen LogP contribution < -0.4 is 4.72 Å². The summed E-state index contributed by atoms with van der Waals surface area (Å²) in [5.74, 6) is 0. The van der Waals surface area contributed by atoms with Gasteiger partial charge in [-0.25, -0.2) is 13.4 Å². The fourth-order valence-corrected chi connectivity index (χ4v) is 2.95. The van der Waals surface area contributed by atoms with E-state index in [0.29, 0.717) is 11.3 Å². The molecule has 94 valence electrons. The molecule has 2 aromatic rings. The number of anilines is 1. The van der Waals surface area contributed by atoms with Gasteiger partial charge in [0.1, 0.15) is 10.0 Å². The van der Waals surface area contributed by atoms with Crippen LogP contribution in [0.2, 0.25) is 5.15 Å². The monoisotopic (exact) mass is 282 g/mol. The van der Waals surface area contributed by atoms with E-state index in [2.05, 4.69) is 9.71 Å². The summed E-state index contributed by atoms with van der Waals surface area (Å²) in [6.45, 7) is 1.67. The van der Waals surface area contributed by atoms with Gasteiger partial charge in [-0.3, -0.25) is 4.72 Å². The number of nitrogens with zero attached hydrogens (tertiary/aromatic N) is 1. The summed E-state index contributed by atoms with van der Waals surface area (Å²) in [6.07, 6.45) is 1.25. The van der Waals surface area contributed by atoms with E-state index in [-0.39, 0.29) is 10.0 Å². The van der Waals surface area contributed by atoms with Crippen molar-refractivity contribution in [3.8, 4) is 0 Å². The van der Waals surface area contributed by atoms with Crippen molar-refractivity contribution >= 4 is 27.3 Å². The third kappa shape index (κ3) is 2.80. The summed E-state index contributed by atoms with van der Waals surface area (Å²) in [4.78, 5) is 3.92. The van der Waals surface area contributed by atoms with Gasteiger partial charge in [0.2, 0.25) is 0 Å². The van der Waals surface area contributed by atoms with Crippen LogP contribution in [0, 0.1) is 6.92 Å². The SMILES string of the molecule is Cc1cc(Cl)ncc1S(=O)(=O)Nc1ccccc1. The zero-order chi connectivity index (χ0) is 13.2. The minimum atomic E-state index is -3.63. The average molecular weight is 283 g/mol. The first-order valence-corrected chi connectivity index (χ1v) is 7.05. The molecule has 1 aromatic carbocycles. The highest BCUT2D eigenvalue weighted by atomic mass is 35.5. The maximum Gasteiger partial charge on any atom is 0.263 e. The van der Waals surface area contributed by atoms with Crippen molar-refractivity contribution in [2.24, 2.45) is 0 Å². The van der Waals surface area contributed by atoms with E-state index in [9.17, 15) is 8.42 Å². The van der Waals surface area contributed by atoms with Crippen molar-refractivity contribution in [2.45, 2.75) is 11.8 Å². The fraction of sp³-hybridized carbons (Fsp3) is 0.0833. The van der Waals surface area contributed by atoms with E-state index in [1.807, 2.05) is 6.07 Å². The Labute approximate surface area is 111 Å². The Morgan fingerprint density at radius 3 is 2.50 bits per heavy atom. The molecule has 0 aliphatic heterocycles. The Balaban J connectivity index is 2.37. The van der Waals surface area contributed by atoms with Gasteiger partial charge in [0.05, 0.1) is 0 Å². The number of halogens is 1. The second kappa shape index (κ2) is 4.96. The number of benzene rings is 1. The Morgan fingerprint density at radius 1 is 1.22 bits per heavy atom. The maximum absolute atomic E-state index is 12.1. The zero-order valence-corrected chi connectivity index (χ0v) is 11.2. The molecule has 0 aliphatic rings. The number of nitrogens with one attached hydrogen (secondary N) is 1. The van der Waals surface area contributed by atoms with Crippen molar-refractivity contribution < 1.29 is 8.42 Å². The minimum absolute atomic E-state index is 0.121. The zero-order valence-electron chi connectivity index (χ0n) is 9.59. The normalized spacial score (nSPS) is 11.2. The Hall–Kier alpha value is -1.59. The molecule has 0 fully saturated rings. The minimum Gasteiger partial charge on any atom is -0.280 e. The molecule has 0 bridgehead atoms. The summed E-state index contributed by atoms with van der Waals surface area (Å²) in [5.41, 5.74) is 1.06. The molecule has 6 heteroatoms. The lowest BCUT2D eigenvalue weighted by atomic mass is 10.3. The molecular formula is C12H11ClN2O2S. The van der Waals surface area contributed by atoms with Crippen LogP contribution in [0.25, 0.3) is 0 Å². The van der Waals surface area contributed by atoms with Crippen molar-refractivity contribution in [1.29, 1.82) is 0 Å². The quantitative estimate of drug-likeness (QED) is 0.881. The first-order valence-electron chi connectivity index (χ1n) is 5.19. The smallest absolute Gasteiger partial charge is 0.263 e. The van der Waals surface area contributed by atoms with E-state index >= 15 is 0 Å². The number of aromatic nitrogens is 1. The fourth-order valence-electron chi connectivity index (χ4n) is 1.51. The standard InChI is InChI=1S/C12H11ClN2O2S/c1-9-7-12(13)14-8-11(9)18(16,17)15-10-5-3-2-4-6-10/h2-8,15H,1H3. The third-order valence-electron chi connectivity index (χ3n) is 2.34. The van der Waals surface area contributed by atoms with E-state index in [4.69, 9.17) is 11.6 Å². The van der Waals surface area contributed by atoms with Crippen LogP contribution in [0.4, 0.5) is 5.69 Å². The summed E-state index contributed by atoms with van der Waals surface area (Å²) < 4.78 is 26.8. The highest BCUT2D eigenvalue weighted by Crippen LogP contribution is 2.20. The van der Waals surface area contributed by atoms with Gasteiger partial charge in [-0.05, 0) is 30.7 Å². The molecule has 2 rings (SSSR count). The van der Waals surface area contributed by atoms with Crippen molar-refractivity contribution in [3.05, 3.63) is 53.3 Å². The molecule has 0 aliphatic carbocycles. The van der Waals surface area contributed by atoms with Crippen LogP contribution in [0.1, 0.15) is 5.56 Å². The molecule has 0 unspecified atom stereocenters. The second-order valence-corrected chi connectivity index (χ2v) is 5.78. The molecule has 1 heterocycles. The number of pyridine rings is 1. The molecule has 1 aromatic heterocycles. The number of hydrogen-bond donors (Lipinski definition) is 1. The van der Waals surface area contributed by atoms with Crippen LogP contribution >= 0.6 is 11.6 Å². The molecule has 0 radical (unpaired) electrons. The maximum atomic E-state index is 12.1. The van der Waals surface area contributed by atoms with Crippen molar-refractivity contribution in [3.63, 3.8) is 0 Å². The van der Waals surface area contributed by atoms with Crippen LogP contribution in [0.15, 0.2) is 47.5 Å². The van der Waals surface area contributed by atoms with Crippen LogP contribution in [0.5, 0.6) is 0 Å². The van der Waals surface area contributed by atoms with E-state index in [1.54, 1.807) is 31.2 Å². The van der Waals surface area contributed by atoms with Crippen LogP contribution in [-0.4, -0.2) is 13.4 Å². The average Bonchev–Trinajstić information content (AvgIpc) is 2.29.